The molecule has 1 fully saturated rings. The van der Waals surface area contributed by atoms with Crippen LogP contribution in [0.5, 0.6) is 5.75 Å². The van der Waals surface area contributed by atoms with Crippen LogP contribution < -0.4 is 4.90 Å². The minimum atomic E-state index is 0.423. The molecule has 0 saturated carbocycles. The molecular formula is C18H20N2O2S. The van der Waals surface area contributed by atoms with E-state index >= 15 is 0 Å². The number of aromatic nitrogens is 1. The summed E-state index contributed by atoms with van der Waals surface area (Å²) in [5.74, 6) is 0.423. The van der Waals surface area contributed by atoms with E-state index in [-0.39, 0.29) is 0 Å². The fourth-order valence-electron chi connectivity index (χ4n) is 3.23. The topological polar surface area (TPSA) is 45.6 Å². The Bertz CT molecular complexity index is 853. The number of thiazole rings is 1. The van der Waals surface area contributed by atoms with Crippen LogP contribution in [0.3, 0.4) is 0 Å². The number of hydrogen-bond acceptors (Lipinski definition) is 5. The predicted molar refractivity (Wildman–Crippen MR) is 95.8 cm³/mol. The van der Waals surface area contributed by atoms with Crippen LogP contribution in [0.1, 0.15) is 18.9 Å². The van der Waals surface area contributed by atoms with E-state index in [1.165, 1.54) is 0 Å². The first kappa shape index (κ1) is 14.7. The third-order valence-electron chi connectivity index (χ3n) is 4.39. The Hall–Kier alpha value is -1.85. The van der Waals surface area contributed by atoms with E-state index in [0.717, 1.165) is 70.8 Å². The number of anilines is 1. The SMILES string of the molecule is CCCc1c(O)c2ccccc2c2nc(N3CCOCC3)sc12. The van der Waals surface area contributed by atoms with Crippen LogP contribution in [-0.4, -0.2) is 36.4 Å². The second kappa shape index (κ2) is 5.98. The highest BCUT2D eigenvalue weighted by molar-refractivity contribution is 7.22. The van der Waals surface area contributed by atoms with Gasteiger partial charge in [-0.3, -0.25) is 0 Å². The van der Waals surface area contributed by atoms with Crippen molar-refractivity contribution in [1.29, 1.82) is 0 Å². The van der Waals surface area contributed by atoms with Gasteiger partial charge in [-0.2, -0.15) is 0 Å². The minimum Gasteiger partial charge on any atom is -0.507 e. The Morgan fingerprint density at radius 2 is 1.96 bits per heavy atom. The lowest BCUT2D eigenvalue weighted by molar-refractivity contribution is 0.122. The maximum atomic E-state index is 10.7. The molecule has 1 N–H and O–H groups in total. The number of nitrogens with zero attached hydrogens (tertiary/aromatic N) is 2. The number of rotatable bonds is 3. The van der Waals surface area contributed by atoms with Crippen molar-refractivity contribution in [1.82, 2.24) is 4.98 Å². The van der Waals surface area contributed by atoms with Gasteiger partial charge in [0.25, 0.3) is 0 Å². The minimum absolute atomic E-state index is 0.423. The second-order valence-corrected chi connectivity index (χ2v) is 6.87. The average Bonchev–Trinajstić information content (AvgIpc) is 3.05. The van der Waals surface area contributed by atoms with E-state index < -0.39 is 0 Å². The van der Waals surface area contributed by atoms with Crippen molar-refractivity contribution in [2.75, 3.05) is 31.2 Å². The quantitative estimate of drug-likeness (QED) is 0.791. The molecule has 0 radical (unpaired) electrons. The molecule has 0 unspecified atom stereocenters. The lowest BCUT2D eigenvalue weighted by Gasteiger charge is -2.25. The van der Waals surface area contributed by atoms with Crippen LogP contribution in [0.25, 0.3) is 21.0 Å². The summed E-state index contributed by atoms with van der Waals surface area (Å²) in [5, 5.41) is 13.7. The van der Waals surface area contributed by atoms with Gasteiger partial charge < -0.3 is 14.7 Å². The molecule has 0 atom stereocenters. The fraction of sp³-hybridized carbons (Fsp3) is 0.389. The van der Waals surface area contributed by atoms with Gasteiger partial charge in [0.05, 0.1) is 23.4 Å². The number of phenols is 1. The number of hydrogen-bond donors (Lipinski definition) is 1. The number of morpholine rings is 1. The lowest BCUT2D eigenvalue weighted by atomic mass is 10.0. The third kappa shape index (κ3) is 2.44. The molecule has 0 aliphatic carbocycles. The summed E-state index contributed by atoms with van der Waals surface area (Å²) >= 11 is 1.70. The van der Waals surface area contributed by atoms with Crippen molar-refractivity contribution in [3.8, 4) is 5.75 Å². The standard InChI is InChI=1S/C18H20N2O2S/c1-2-5-14-16(21)13-7-4-3-6-12(13)15-17(14)23-18(19-15)20-8-10-22-11-9-20/h3-4,6-7,21H,2,5,8-11H2,1H3. The molecule has 23 heavy (non-hydrogen) atoms. The third-order valence-corrected chi connectivity index (χ3v) is 5.57. The Morgan fingerprint density at radius 3 is 2.70 bits per heavy atom. The summed E-state index contributed by atoms with van der Waals surface area (Å²) < 4.78 is 6.57. The lowest BCUT2D eigenvalue weighted by Crippen LogP contribution is -2.36. The summed E-state index contributed by atoms with van der Waals surface area (Å²) in [6, 6.07) is 8.01. The van der Waals surface area contributed by atoms with Crippen molar-refractivity contribution in [3.63, 3.8) is 0 Å². The zero-order chi connectivity index (χ0) is 15.8. The molecule has 2 aromatic carbocycles. The van der Waals surface area contributed by atoms with Crippen molar-refractivity contribution in [2.24, 2.45) is 0 Å². The number of aromatic hydroxyl groups is 1. The summed E-state index contributed by atoms with van der Waals surface area (Å²) in [6.07, 6.45) is 1.88. The maximum Gasteiger partial charge on any atom is 0.186 e. The molecular weight excluding hydrogens is 308 g/mol. The largest absolute Gasteiger partial charge is 0.507 e. The average molecular weight is 328 g/mol. The Morgan fingerprint density at radius 1 is 1.22 bits per heavy atom. The molecule has 1 aromatic heterocycles. The van der Waals surface area contributed by atoms with Gasteiger partial charge in [0.1, 0.15) is 5.75 Å². The van der Waals surface area contributed by atoms with E-state index in [1.807, 2.05) is 18.2 Å². The molecule has 1 aliphatic rings. The van der Waals surface area contributed by atoms with Crippen LogP contribution in [0.4, 0.5) is 5.13 Å². The molecule has 0 bridgehead atoms. The summed E-state index contributed by atoms with van der Waals surface area (Å²) in [7, 11) is 0. The van der Waals surface area contributed by atoms with Crippen LogP contribution >= 0.6 is 11.3 Å². The molecule has 3 aromatic rings. The second-order valence-electron chi connectivity index (χ2n) is 5.90. The molecule has 120 valence electrons. The number of fused-ring (bicyclic) bond motifs is 3. The first-order valence-electron chi connectivity index (χ1n) is 8.15. The highest BCUT2D eigenvalue weighted by Crippen LogP contribution is 2.42. The van der Waals surface area contributed by atoms with E-state index in [9.17, 15) is 5.11 Å². The van der Waals surface area contributed by atoms with E-state index in [2.05, 4.69) is 17.9 Å². The van der Waals surface area contributed by atoms with Gasteiger partial charge in [-0.05, 0) is 6.42 Å². The predicted octanol–water partition coefficient (Wildman–Crippen LogP) is 3.94. The van der Waals surface area contributed by atoms with Gasteiger partial charge in [-0.15, -0.1) is 0 Å². The van der Waals surface area contributed by atoms with Gasteiger partial charge in [-0.1, -0.05) is 48.9 Å². The Kier molecular flexibility index (Phi) is 3.83. The van der Waals surface area contributed by atoms with Gasteiger partial charge in [0, 0.05) is 29.4 Å². The van der Waals surface area contributed by atoms with Crippen molar-refractivity contribution >= 4 is 37.5 Å². The van der Waals surface area contributed by atoms with Crippen LogP contribution in [0, 0.1) is 0 Å². The normalized spacial score (nSPS) is 15.6. The molecule has 1 aliphatic heterocycles. The maximum absolute atomic E-state index is 10.7. The van der Waals surface area contributed by atoms with Crippen LogP contribution in [-0.2, 0) is 11.2 Å². The van der Waals surface area contributed by atoms with Gasteiger partial charge in [0.2, 0.25) is 0 Å². The number of ether oxygens (including phenoxy) is 1. The Balaban J connectivity index is 1.97. The zero-order valence-corrected chi connectivity index (χ0v) is 14.0. The molecule has 4 rings (SSSR count). The molecule has 2 heterocycles. The summed E-state index contributed by atoms with van der Waals surface area (Å²) in [5.41, 5.74) is 2.06. The Labute approximate surface area is 139 Å². The number of phenolic OH excluding ortho intramolecular Hbond substituents is 1. The van der Waals surface area contributed by atoms with Gasteiger partial charge in [0.15, 0.2) is 5.13 Å². The van der Waals surface area contributed by atoms with E-state index in [0.29, 0.717) is 5.75 Å². The van der Waals surface area contributed by atoms with E-state index in [1.54, 1.807) is 11.3 Å². The van der Waals surface area contributed by atoms with Crippen LogP contribution in [0.2, 0.25) is 0 Å². The first-order valence-corrected chi connectivity index (χ1v) is 8.97. The molecule has 0 spiro atoms. The summed E-state index contributed by atoms with van der Waals surface area (Å²) in [4.78, 5) is 7.21. The highest BCUT2D eigenvalue weighted by Gasteiger charge is 2.20. The monoisotopic (exact) mass is 328 g/mol. The number of benzene rings is 2. The molecule has 0 amide bonds. The molecule has 4 nitrogen and oxygen atoms in total. The first-order chi connectivity index (χ1) is 11.3. The van der Waals surface area contributed by atoms with E-state index in [4.69, 9.17) is 9.72 Å². The van der Waals surface area contributed by atoms with Crippen molar-refractivity contribution < 1.29 is 9.84 Å². The molecule has 1 saturated heterocycles. The molecule has 5 heteroatoms. The number of aryl methyl sites for hydroxylation is 1. The van der Waals surface area contributed by atoms with Gasteiger partial charge >= 0.3 is 0 Å². The van der Waals surface area contributed by atoms with Crippen LogP contribution in [0.15, 0.2) is 24.3 Å². The smallest absolute Gasteiger partial charge is 0.186 e. The van der Waals surface area contributed by atoms with Crippen molar-refractivity contribution in [3.05, 3.63) is 29.8 Å². The fourth-order valence-corrected chi connectivity index (χ4v) is 4.44. The zero-order valence-electron chi connectivity index (χ0n) is 13.2. The summed E-state index contributed by atoms with van der Waals surface area (Å²) in [6.45, 7) is 5.41. The highest BCUT2D eigenvalue weighted by atomic mass is 32.1. The van der Waals surface area contributed by atoms with Gasteiger partial charge in [-0.25, -0.2) is 4.98 Å². The van der Waals surface area contributed by atoms with Crippen molar-refractivity contribution in [2.45, 2.75) is 19.8 Å².